The normalized spacial score (nSPS) is 10.8. The molecule has 0 aliphatic carbocycles. The lowest BCUT2D eigenvalue weighted by Gasteiger charge is -2.03. The summed E-state index contributed by atoms with van der Waals surface area (Å²) in [4.78, 5) is 0. The fraction of sp³-hybridized carbons (Fsp3) is 0.714. The van der Waals surface area contributed by atoms with Gasteiger partial charge < -0.3 is 0 Å². The zero-order chi connectivity index (χ0) is 10.9. The highest BCUT2D eigenvalue weighted by molar-refractivity contribution is 7.07. The number of unbranched alkanes of at least 4 members (excludes halogenated alkanes) is 4. The second kappa shape index (κ2) is 7.92. The second-order valence-electron chi connectivity index (χ2n) is 4.26. The molecule has 0 N–H and O–H groups in total. The number of aryl methyl sites for hydroxylation is 2. The van der Waals surface area contributed by atoms with Crippen molar-refractivity contribution >= 4 is 11.3 Å². The Bertz CT molecular complexity index is 225. The molecule has 0 unspecified atom stereocenters. The predicted octanol–water partition coefficient (Wildman–Crippen LogP) is 5.01. The van der Waals surface area contributed by atoms with Gasteiger partial charge in [0.05, 0.1) is 0 Å². The first-order valence-corrected chi connectivity index (χ1v) is 7.23. The Morgan fingerprint density at radius 2 is 1.67 bits per heavy atom. The van der Waals surface area contributed by atoms with Gasteiger partial charge in [-0.3, -0.25) is 0 Å². The van der Waals surface area contributed by atoms with Crippen molar-refractivity contribution < 1.29 is 0 Å². The molecule has 1 aromatic heterocycles. The van der Waals surface area contributed by atoms with Crippen LogP contribution in [0.25, 0.3) is 0 Å². The molecule has 1 radical (unpaired) electrons. The second-order valence-corrected chi connectivity index (χ2v) is 4.93. The molecule has 1 rings (SSSR count). The van der Waals surface area contributed by atoms with E-state index in [0.29, 0.717) is 0 Å². The van der Waals surface area contributed by atoms with Crippen LogP contribution in [0.4, 0.5) is 0 Å². The molecule has 0 aromatic carbocycles. The highest BCUT2D eigenvalue weighted by Gasteiger charge is 2.03. The Balaban J connectivity index is 2.32. The first kappa shape index (κ1) is 12.8. The van der Waals surface area contributed by atoms with Crippen LogP contribution in [0.15, 0.2) is 5.38 Å². The van der Waals surface area contributed by atoms with Crippen molar-refractivity contribution in [2.75, 3.05) is 0 Å². The van der Waals surface area contributed by atoms with Crippen LogP contribution in [-0.4, -0.2) is 0 Å². The van der Waals surface area contributed by atoms with Crippen molar-refractivity contribution in [2.24, 2.45) is 0 Å². The van der Waals surface area contributed by atoms with Gasteiger partial charge >= 0.3 is 0 Å². The Kier molecular flexibility index (Phi) is 6.74. The lowest BCUT2D eigenvalue weighted by atomic mass is 10.0. The summed E-state index contributed by atoms with van der Waals surface area (Å²) in [6, 6.07) is 0. The van der Waals surface area contributed by atoms with Crippen LogP contribution in [0.2, 0.25) is 0 Å². The van der Waals surface area contributed by atoms with Crippen LogP contribution in [0.5, 0.6) is 0 Å². The van der Waals surface area contributed by atoms with Crippen molar-refractivity contribution in [3.05, 3.63) is 21.9 Å². The van der Waals surface area contributed by atoms with Crippen molar-refractivity contribution in [2.45, 2.75) is 65.2 Å². The molecule has 0 nitrogen and oxygen atoms in total. The topological polar surface area (TPSA) is 0 Å². The smallest absolute Gasteiger partial charge is 0.0480 e. The van der Waals surface area contributed by atoms with E-state index in [1.165, 1.54) is 56.9 Å². The lowest BCUT2D eigenvalue weighted by molar-refractivity contribution is 0.695. The van der Waals surface area contributed by atoms with Crippen LogP contribution in [0.1, 0.15) is 63.5 Å². The number of hydrogen-bond donors (Lipinski definition) is 0. The number of thiophene rings is 1. The predicted molar refractivity (Wildman–Crippen MR) is 69.6 cm³/mol. The van der Waals surface area contributed by atoms with Crippen LogP contribution >= 0.6 is 11.3 Å². The Labute approximate surface area is 98.7 Å². The van der Waals surface area contributed by atoms with Crippen molar-refractivity contribution in [1.82, 2.24) is 0 Å². The Morgan fingerprint density at radius 1 is 1.00 bits per heavy atom. The third-order valence-electron chi connectivity index (χ3n) is 2.85. The van der Waals surface area contributed by atoms with E-state index >= 15 is 0 Å². The molecular weight excluding hydrogens is 200 g/mol. The first-order valence-electron chi connectivity index (χ1n) is 6.35. The zero-order valence-corrected chi connectivity index (χ0v) is 11.0. The summed E-state index contributed by atoms with van der Waals surface area (Å²) in [6.45, 7) is 4.53. The summed E-state index contributed by atoms with van der Waals surface area (Å²) in [6.07, 6.45) is 10.6. The van der Waals surface area contributed by atoms with Gasteiger partial charge in [-0.15, -0.1) is 11.3 Å². The Morgan fingerprint density at radius 3 is 2.33 bits per heavy atom. The monoisotopic (exact) mass is 223 g/mol. The minimum Gasteiger partial charge on any atom is -0.142 e. The van der Waals surface area contributed by atoms with E-state index in [1.54, 1.807) is 16.9 Å². The fourth-order valence-corrected chi connectivity index (χ4v) is 2.68. The molecular formula is C14H23S. The maximum absolute atomic E-state index is 3.43. The van der Waals surface area contributed by atoms with Gasteiger partial charge in [0, 0.05) is 5.38 Å². The quantitative estimate of drug-likeness (QED) is 0.543. The van der Waals surface area contributed by atoms with Gasteiger partial charge in [0.1, 0.15) is 0 Å². The Hall–Kier alpha value is -0.300. The molecule has 0 aliphatic rings. The molecule has 0 atom stereocenters. The summed E-state index contributed by atoms with van der Waals surface area (Å²) in [5.41, 5.74) is 3.08. The molecule has 0 fully saturated rings. The van der Waals surface area contributed by atoms with Crippen molar-refractivity contribution in [1.29, 1.82) is 0 Å². The van der Waals surface area contributed by atoms with E-state index in [1.807, 2.05) is 0 Å². The average Bonchev–Trinajstić information content (AvgIpc) is 2.67. The average molecular weight is 223 g/mol. The highest BCUT2D eigenvalue weighted by Crippen LogP contribution is 2.19. The van der Waals surface area contributed by atoms with E-state index in [9.17, 15) is 0 Å². The third-order valence-corrected chi connectivity index (χ3v) is 3.62. The molecule has 1 heteroatoms. The van der Waals surface area contributed by atoms with Crippen molar-refractivity contribution in [3.63, 3.8) is 0 Å². The van der Waals surface area contributed by atoms with Crippen LogP contribution in [0, 0.1) is 5.38 Å². The largest absolute Gasteiger partial charge is 0.142 e. The van der Waals surface area contributed by atoms with E-state index in [-0.39, 0.29) is 0 Å². The zero-order valence-electron chi connectivity index (χ0n) is 10.1. The summed E-state index contributed by atoms with van der Waals surface area (Å²) in [5, 5.41) is 5.74. The minimum absolute atomic E-state index is 1.25. The van der Waals surface area contributed by atoms with Gasteiger partial charge in [0.2, 0.25) is 0 Å². The summed E-state index contributed by atoms with van der Waals surface area (Å²) >= 11 is 1.76. The van der Waals surface area contributed by atoms with Crippen LogP contribution in [-0.2, 0) is 12.8 Å². The maximum Gasteiger partial charge on any atom is 0.0480 e. The summed E-state index contributed by atoms with van der Waals surface area (Å²) in [5.74, 6) is 0. The minimum atomic E-state index is 1.25. The molecule has 0 saturated heterocycles. The van der Waals surface area contributed by atoms with Gasteiger partial charge in [-0.2, -0.15) is 0 Å². The van der Waals surface area contributed by atoms with Gasteiger partial charge in [-0.1, -0.05) is 39.5 Å². The van der Waals surface area contributed by atoms with Gasteiger partial charge in [0.15, 0.2) is 0 Å². The van der Waals surface area contributed by atoms with Gasteiger partial charge in [-0.05, 0) is 42.2 Å². The van der Waals surface area contributed by atoms with E-state index in [2.05, 4.69) is 24.6 Å². The van der Waals surface area contributed by atoms with Crippen LogP contribution in [0.3, 0.4) is 0 Å². The third kappa shape index (κ3) is 4.83. The fourth-order valence-electron chi connectivity index (χ4n) is 1.85. The molecule has 1 heterocycles. The summed E-state index contributed by atoms with van der Waals surface area (Å²) in [7, 11) is 0. The van der Waals surface area contributed by atoms with Gasteiger partial charge in [0.25, 0.3) is 0 Å². The standard InChI is InChI=1S/C14H23S/c1-3-5-7-9-13-11-15-12-14(13)10-8-6-4-2/h11H,3-10H2,1-2H3. The molecule has 0 saturated carbocycles. The van der Waals surface area contributed by atoms with E-state index < -0.39 is 0 Å². The first-order chi connectivity index (χ1) is 7.38. The summed E-state index contributed by atoms with van der Waals surface area (Å²) < 4.78 is 0. The molecule has 85 valence electrons. The molecule has 0 spiro atoms. The molecule has 1 aromatic rings. The maximum atomic E-state index is 3.43. The van der Waals surface area contributed by atoms with Crippen molar-refractivity contribution in [3.8, 4) is 0 Å². The highest BCUT2D eigenvalue weighted by atomic mass is 32.1. The SMILES string of the molecule is CCCCCc1[c]scc1CCCCC. The molecule has 0 bridgehead atoms. The molecule has 0 aliphatic heterocycles. The van der Waals surface area contributed by atoms with E-state index in [4.69, 9.17) is 0 Å². The lowest BCUT2D eigenvalue weighted by Crippen LogP contribution is -1.91. The number of rotatable bonds is 8. The van der Waals surface area contributed by atoms with E-state index in [0.717, 1.165) is 0 Å². The van der Waals surface area contributed by atoms with Crippen LogP contribution < -0.4 is 0 Å². The molecule has 0 amide bonds. The van der Waals surface area contributed by atoms with Gasteiger partial charge in [-0.25, -0.2) is 0 Å². The number of hydrogen-bond acceptors (Lipinski definition) is 1. The molecule has 15 heavy (non-hydrogen) atoms.